The van der Waals surface area contributed by atoms with Gasteiger partial charge in [0.25, 0.3) is 0 Å². The van der Waals surface area contributed by atoms with Gasteiger partial charge in [0, 0.05) is 0 Å². The van der Waals surface area contributed by atoms with E-state index in [0.29, 0.717) is 11.7 Å². The summed E-state index contributed by atoms with van der Waals surface area (Å²) >= 11 is 0. The Bertz CT molecular complexity index is 217. The molecule has 0 aliphatic heterocycles. The molecule has 0 heterocycles. The molecule has 0 saturated heterocycles. The molecular formula is C14H26O. The molecule has 0 aromatic carbocycles. The minimum Gasteiger partial charge on any atom is -0.508 e. The number of hydrogen-bond donors (Lipinski definition) is 1. The summed E-state index contributed by atoms with van der Waals surface area (Å²) < 4.78 is 0. The van der Waals surface area contributed by atoms with Crippen LogP contribution in [0.2, 0.25) is 0 Å². The largest absolute Gasteiger partial charge is 0.508 e. The van der Waals surface area contributed by atoms with Crippen LogP contribution < -0.4 is 0 Å². The fourth-order valence-corrected chi connectivity index (χ4v) is 0.890. The van der Waals surface area contributed by atoms with E-state index in [9.17, 15) is 5.11 Å². The quantitative estimate of drug-likeness (QED) is 0.520. The lowest BCUT2D eigenvalue weighted by molar-refractivity contribution is 0.420. The minimum atomic E-state index is 0.317. The van der Waals surface area contributed by atoms with Crippen LogP contribution in [-0.2, 0) is 0 Å². The summed E-state index contributed by atoms with van der Waals surface area (Å²) in [6, 6.07) is 0. The molecule has 1 heteroatoms. The molecule has 1 nitrogen and oxygen atoms in total. The van der Waals surface area contributed by atoms with E-state index in [4.69, 9.17) is 0 Å². The molecule has 15 heavy (non-hydrogen) atoms. The summed E-state index contributed by atoms with van der Waals surface area (Å²) in [4.78, 5) is 0. The topological polar surface area (TPSA) is 20.2 Å². The molecule has 0 aliphatic rings. The lowest BCUT2D eigenvalue weighted by Gasteiger charge is -2.06. The zero-order valence-corrected chi connectivity index (χ0v) is 11.0. The third-order valence-corrected chi connectivity index (χ3v) is 1.46. The first kappa shape index (κ1) is 16.4. The van der Waals surface area contributed by atoms with Crippen molar-refractivity contribution in [3.05, 3.63) is 36.1 Å². The Hall–Kier alpha value is -0.980. The number of rotatable bonds is 3. The highest BCUT2D eigenvalue weighted by molar-refractivity contribution is 5.28. The van der Waals surface area contributed by atoms with E-state index in [-0.39, 0.29) is 0 Å². The van der Waals surface area contributed by atoms with Crippen molar-refractivity contribution in [1.29, 1.82) is 0 Å². The van der Waals surface area contributed by atoms with Crippen LogP contribution in [0.25, 0.3) is 0 Å². The maximum atomic E-state index is 9.40. The fraction of sp³-hybridized carbons (Fsp3) is 0.571. The Balaban J connectivity index is 0. The monoisotopic (exact) mass is 210 g/mol. The van der Waals surface area contributed by atoms with Gasteiger partial charge in [-0.25, -0.2) is 0 Å². The highest BCUT2D eigenvalue weighted by Gasteiger charge is 2.02. The maximum Gasteiger partial charge on any atom is 0.118 e. The molecule has 0 bridgehead atoms. The van der Waals surface area contributed by atoms with Crippen molar-refractivity contribution in [1.82, 2.24) is 0 Å². The molecule has 0 atom stereocenters. The highest BCUT2D eigenvalue weighted by atomic mass is 16.3. The predicted molar refractivity (Wildman–Crippen MR) is 70.0 cm³/mol. The zero-order chi connectivity index (χ0) is 12.4. The SMILES string of the molecule is C=C/C(=C(O)\C=C/C)C(C)C.CC(C)C. The predicted octanol–water partition coefficient (Wildman–Crippen LogP) is 4.88. The Morgan fingerprint density at radius 2 is 1.53 bits per heavy atom. The summed E-state index contributed by atoms with van der Waals surface area (Å²) in [7, 11) is 0. The van der Waals surface area contributed by atoms with Crippen LogP contribution in [0.1, 0.15) is 41.5 Å². The van der Waals surface area contributed by atoms with Crippen molar-refractivity contribution < 1.29 is 5.11 Å². The van der Waals surface area contributed by atoms with E-state index in [0.717, 1.165) is 11.5 Å². The molecular weight excluding hydrogens is 184 g/mol. The molecule has 0 radical (unpaired) electrons. The standard InChI is InChI=1S/C10H16O.C4H10/c1-5-7-10(11)9(6-2)8(3)4;1-4(2)3/h5-8,11H,2H2,1,3-4H3;4H,1-3H3/b7-5-,10-9-;. The molecule has 0 rings (SSSR count). The van der Waals surface area contributed by atoms with Crippen molar-refractivity contribution in [3.63, 3.8) is 0 Å². The molecule has 88 valence electrons. The third kappa shape index (κ3) is 10.9. The first-order valence-corrected chi connectivity index (χ1v) is 5.55. The zero-order valence-electron chi connectivity index (χ0n) is 11.0. The average Bonchev–Trinajstić information content (AvgIpc) is 2.03. The van der Waals surface area contributed by atoms with Crippen LogP contribution in [0.3, 0.4) is 0 Å². The van der Waals surface area contributed by atoms with Crippen molar-refractivity contribution in [2.75, 3.05) is 0 Å². The van der Waals surface area contributed by atoms with Crippen molar-refractivity contribution >= 4 is 0 Å². The van der Waals surface area contributed by atoms with Gasteiger partial charge in [-0.15, -0.1) is 0 Å². The minimum absolute atomic E-state index is 0.317. The highest BCUT2D eigenvalue weighted by Crippen LogP contribution is 2.14. The van der Waals surface area contributed by atoms with Crippen LogP contribution in [0.4, 0.5) is 0 Å². The van der Waals surface area contributed by atoms with Gasteiger partial charge in [0.1, 0.15) is 5.76 Å². The van der Waals surface area contributed by atoms with Crippen LogP contribution >= 0.6 is 0 Å². The van der Waals surface area contributed by atoms with E-state index in [1.165, 1.54) is 0 Å². The van der Waals surface area contributed by atoms with Crippen LogP contribution in [0, 0.1) is 11.8 Å². The van der Waals surface area contributed by atoms with Crippen LogP contribution in [0.5, 0.6) is 0 Å². The number of aliphatic hydroxyl groups excluding tert-OH is 1. The second-order valence-electron chi connectivity index (χ2n) is 4.43. The Kier molecular flexibility index (Phi) is 10.5. The normalized spacial score (nSPS) is 12.5. The molecule has 0 aromatic heterocycles. The Morgan fingerprint density at radius 3 is 1.73 bits per heavy atom. The summed E-state index contributed by atoms with van der Waals surface area (Å²) in [6.07, 6.45) is 5.18. The molecule has 0 unspecified atom stereocenters. The number of aliphatic hydroxyl groups is 1. The van der Waals surface area contributed by atoms with E-state index in [2.05, 4.69) is 27.4 Å². The molecule has 0 saturated carbocycles. The Labute approximate surface area is 95.2 Å². The van der Waals surface area contributed by atoms with Gasteiger partial charge in [0.15, 0.2) is 0 Å². The van der Waals surface area contributed by atoms with Crippen LogP contribution in [0.15, 0.2) is 36.1 Å². The molecule has 0 aromatic rings. The first-order chi connectivity index (χ1) is 6.86. The number of hydrogen-bond acceptors (Lipinski definition) is 1. The van der Waals surface area contributed by atoms with Gasteiger partial charge in [0.05, 0.1) is 0 Å². The average molecular weight is 210 g/mol. The smallest absolute Gasteiger partial charge is 0.118 e. The van der Waals surface area contributed by atoms with E-state index in [1.807, 2.05) is 20.8 Å². The molecule has 0 spiro atoms. The molecule has 0 amide bonds. The Morgan fingerprint density at radius 1 is 1.13 bits per heavy atom. The van der Waals surface area contributed by atoms with Crippen molar-refractivity contribution in [2.45, 2.75) is 41.5 Å². The van der Waals surface area contributed by atoms with Crippen molar-refractivity contribution in [3.8, 4) is 0 Å². The van der Waals surface area contributed by atoms with Crippen molar-refractivity contribution in [2.24, 2.45) is 11.8 Å². The summed E-state index contributed by atoms with van der Waals surface area (Å²) in [5, 5.41) is 9.40. The lowest BCUT2D eigenvalue weighted by Crippen LogP contribution is -1.94. The third-order valence-electron chi connectivity index (χ3n) is 1.46. The van der Waals surface area contributed by atoms with Gasteiger partial charge in [0.2, 0.25) is 0 Å². The van der Waals surface area contributed by atoms with Gasteiger partial charge < -0.3 is 5.11 Å². The van der Waals surface area contributed by atoms with E-state index >= 15 is 0 Å². The van der Waals surface area contributed by atoms with E-state index in [1.54, 1.807) is 18.2 Å². The summed E-state index contributed by atoms with van der Waals surface area (Å²) in [5.41, 5.74) is 0.892. The molecule has 1 N–H and O–H groups in total. The molecule has 0 aliphatic carbocycles. The van der Waals surface area contributed by atoms with Gasteiger partial charge in [-0.1, -0.05) is 53.3 Å². The summed E-state index contributed by atoms with van der Waals surface area (Å²) in [5.74, 6) is 1.47. The maximum absolute atomic E-state index is 9.40. The molecule has 0 fully saturated rings. The second kappa shape index (κ2) is 9.57. The lowest BCUT2D eigenvalue weighted by atomic mass is 10.0. The van der Waals surface area contributed by atoms with Crippen LogP contribution in [-0.4, -0.2) is 5.11 Å². The van der Waals surface area contributed by atoms with Gasteiger partial charge in [-0.2, -0.15) is 0 Å². The summed E-state index contributed by atoms with van der Waals surface area (Å²) in [6.45, 7) is 16.1. The van der Waals surface area contributed by atoms with Gasteiger partial charge in [-0.3, -0.25) is 0 Å². The van der Waals surface area contributed by atoms with Gasteiger partial charge >= 0.3 is 0 Å². The number of allylic oxidation sites excluding steroid dienone is 4. The van der Waals surface area contributed by atoms with Gasteiger partial charge in [-0.05, 0) is 30.4 Å². The van der Waals surface area contributed by atoms with E-state index < -0.39 is 0 Å². The second-order valence-corrected chi connectivity index (χ2v) is 4.43. The first-order valence-electron chi connectivity index (χ1n) is 5.55. The fourth-order valence-electron chi connectivity index (χ4n) is 0.890.